The van der Waals surface area contributed by atoms with Gasteiger partial charge in [0, 0.05) is 62.6 Å². The number of aryl methyl sites for hydroxylation is 1. The standard InChI is InChI=1S/C58H44N4O/c1-36-31-39(38-29-30-52-47(34-38)42-21-11-14-26-50(42)61(52)41-19-7-3-8-20-41)33-40(32-36)46-35-48-43-22-13-16-28-53(43)63-57(48)56-54(46)45-24-12-15-27-51(45)62(56)58-59-49-25-10-4-9-23-44(49)55(60-58)37-17-5-2-6-18-37/h2-15,17-24,26-27,29,32-36,52H,16,25,28,30-31H2,1H3. The minimum Gasteiger partial charge on any atom is -0.458 e. The Kier molecular flexibility index (Phi) is 8.20. The van der Waals surface area contributed by atoms with Crippen molar-refractivity contribution in [3.63, 3.8) is 0 Å². The highest BCUT2D eigenvalue weighted by Gasteiger charge is 2.36. The van der Waals surface area contributed by atoms with E-state index in [-0.39, 0.29) is 6.04 Å². The summed E-state index contributed by atoms with van der Waals surface area (Å²) in [6, 6.07) is 41.8. The molecule has 0 spiro atoms. The van der Waals surface area contributed by atoms with Crippen molar-refractivity contribution in [3.8, 4) is 17.2 Å². The van der Waals surface area contributed by atoms with E-state index in [4.69, 9.17) is 14.4 Å². The lowest BCUT2D eigenvalue weighted by Gasteiger charge is -2.30. The first-order valence-electron chi connectivity index (χ1n) is 22.4. The molecule has 302 valence electrons. The van der Waals surface area contributed by atoms with Crippen LogP contribution in [0.3, 0.4) is 0 Å². The fraction of sp³-hybridized carbons (Fsp3) is 0.138. The summed E-state index contributed by atoms with van der Waals surface area (Å²) in [5.41, 5.74) is 18.7. The lowest BCUT2D eigenvalue weighted by Crippen LogP contribution is -2.27. The number of nitrogens with zero attached hydrogens (tertiary/aromatic N) is 4. The molecule has 0 fully saturated rings. The molecule has 0 saturated carbocycles. The van der Waals surface area contributed by atoms with E-state index in [1.165, 1.54) is 55.7 Å². The van der Waals surface area contributed by atoms with Crippen LogP contribution in [0.4, 0.5) is 11.4 Å². The molecule has 8 aromatic rings. The van der Waals surface area contributed by atoms with Crippen LogP contribution >= 0.6 is 0 Å². The van der Waals surface area contributed by atoms with Crippen LogP contribution in [0.5, 0.6) is 0 Å². The van der Waals surface area contributed by atoms with Crippen LogP contribution in [-0.2, 0) is 12.8 Å². The van der Waals surface area contributed by atoms with Crippen molar-refractivity contribution in [2.24, 2.45) is 5.92 Å². The highest BCUT2D eigenvalue weighted by atomic mass is 16.3. The van der Waals surface area contributed by atoms with Gasteiger partial charge in [-0.2, -0.15) is 0 Å². The molecule has 13 rings (SSSR count). The largest absolute Gasteiger partial charge is 0.458 e. The zero-order valence-corrected chi connectivity index (χ0v) is 35.1. The van der Waals surface area contributed by atoms with Crippen molar-refractivity contribution in [3.05, 3.63) is 209 Å². The molecule has 5 aromatic carbocycles. The molecule has 0 radical (unpaired) electrons. The molecule has 0 saturated heterocycles. The van der Waals surface area contributed by atoms with Gasteiger partial charge in [-0.1, -0.05) is 147 Å². The first kappa shape index (κ1) is 36.2. The summed E-state index contributed by atoms with van der Waals surface area (Å²) in [6.45, 7) is 2.37. The summed E-state index contributed by atoms with van der Waals surface area (Å²) in [5.74, 6) is 2.04. The zero-order chi connectivity index (χ0) is 41.6. The van der Waals surface area contributed by atoms with Gasteiger partial charge in [0.15, 0.2) is 5.58 Å². The average Bonchev–Trinajstić information content (AvgIpc) is 3.92. The molecular formula is C58H44N4O. The van der Waals surface area contributed by atoms with Crippen molar-refractivity contribution >= 4 is 67.4 Å². The number of allylic oxidation sites excluding steroid dienone is 10. The van der Waals surface area contributed by atoms with E-state index in [0.717, 1.165) is 87.8 Å². The van der Waals surface area contributed by atoms with Gasteiger partial charge in [0.25, 0.3) is 0 Å². The molecule has 5 aliphatic rings. The highest BCUT2D eigenvalue weighted by Crippen LogP contribution is 2.50. The Morgan fingerprint density at radius 1 is 0.730 bits per heavy atom. The number of aromatic nitrogens is 3. The summed E-state index contributed by atoms with van der Waals surface area (Å²) >= 11 is 0. The van der Waals surface area contributed by atoms with Gasteiger partial charge in [0.05, 0.1) is 22.9 Å². The summed E-state index contributed by atoms with van der Waals surface area (Å²) in [4.78, 5) is 13.5. The van der Waals surface area contributed by atoms with E-state index >= 15 is 0 Å². The Balaban J connectivity index is 1.03. The van der Waals surface area contributed by atoms with E-state index in [0.29, 0.717) is 11.9 Å². The maximum Gasteiger partial charge on any atom is 0.235 e. The molecule has 63 heavy (non-hydrogen) atoms. The van der Waals surface area contributed by atoms with Crippen molar-refractivity contribution in [2.45, 2.75) is 45.1 Å². The molecular weight excluding hydrogens is 769 g/mol. The lowest BCUT2D eigenvalue weighted by molar-refractivity contribution is 0.548. The third-order valence-corrected chi connectivity index (χ3v) is 13.7. The molecule has 2 unspecified atom stereocenters. The van der Waals surface area contributed by atoms with Gasteiger partial charge in [-0.25, -0.2) is 9.97 Å². The van der Waals surface area contributed by atoms with Gasteiger partial charge >= 0.3 is 0 Å². The molecule has 5 heteroatoms. The first-order valence-corrected chi connectivity index (χ1v) is 22.4. The summed E-state index contributed by atoms with van der Waals surface area (Å²) < 4.78 is 9.32. The van der Waals surface area contributed by atoms with Gasteiger partial charge in [0.1, 0.15) is 11.3 Å². The SMILES string of the molecule is CC1C=C(c2cc3c4c(oc3c3c2c2ccccc2n3-c2nc3c(c(-c5ccccc5)n2)C=CC=CC3)CCC=C4)C=C(C2=CCC3C(=C2)c2ccccc2N3c2ccccc2)C1. The molecule has 0 bridgehead atoms. The molecule has 5 nitrogen and oxygen atoms in total. The van der Waals surface area contributed by atoms with Crippen molar-refractivity contribution in [2.75, 3.05) is 4.90 Å². The summed E-state index contributed by atoms with van der Waals surface area (Å²) in [7, 11) is 0. The molecule has 3 aromatic heterocycles. The van der Waals surface area contributed by atoms with Crippen LogP contribution in [0.15, 0.2) is 179 Å². The number of rotatable bonds is 5. The van der Waals surface area contributed by atoms with Crippen LogP contribution in [-0.4, -0.2) is 20.6 Å². The molecule has 4 heterocycles. The van der Waals surface area contributed by atoms with Gasteiger partial charge in [-0.15, -0.1) is 0 Å². The average molecular weight is 813 g/mol. The van der Waals surface area contributed by atoms with Gasteiger partial charge < -0.3 is 9.32 Å². The Morgan fingerprint density at radius 2 is 1.56 bits per heavy atom. The maximum atomic E-state index is 7.03. The number of benzene rings is 5. The van der Waals surface area contributed by atoms with Gasteiger partial charge in [-0.05, 0) is 89.4 Å². The Morgan fingerprint density at radius 3 is 2.46 bits per heavy atom. The Bertz CT molecular complexity index is 3440. The van der Waals surface area contributed by atoms with Gasteiger partial charge in [0.2, 0.25) is 5.95 Å². The van der Waals surface area contributed by atoms with E-state index in [1.807, 2.05) is 0 Å². The number of fused-ring (bicyclic) bond motifs is 11. The van der Waals surface area contributed by atoms with E-state index in [2.05, 4.69) is 192 Å². The second-order valence-electron chi connectivity index (χ2n) is 17.6. The Labute approximate surface area is 366 Å². The molecule has 0 amide bonds. The van der Waals surface area contributed by atoms with Crippen LogP contribution in [0, 0.1) is 5.92 Å². The first-order chi connectivity index (χ1) is 31.2. The van der Waals surface area contributed by atoms with E-state index < -0.39 is 0 Å². The van der Waals surface area contributed by atoms with Crippen molar-refractivity contribution in [1.82, 2.24) is 14.5 Å². The third kappa shape index (κ3) is 5.69. The molecule has 2 atom stereocenters. The second kappa shape index (κ2) is 14.3. The molecule has 4 aliphatic carbocycles. The predicted molar refractivity (Wildman–Crippen MR) is 260 cm³/mol. The third-order valence-electron chi connectivity index (χ3n) is 13.7. The lowest BCUT2D eigenvalue weighted by atomic mass is 9.81. The zero-order valence-electron chi connectivity index (χ0n) is 35.1. The van der Waals surface area contributed by atoms with E-state index in [9.17, 15) is 0 Å². The highest BCUT2D eigenvalue weighted by molar-refractivity contribution is 6.22. The van der Waals surface area contributed by atoms with E-state index in [1.54, 1.807) is 0 Å². The minimum absolute atomic E-state index is 0.267. The monoisotopic (exact) mass is 812 g/mol. The molecule has 0 N–H and O–H groups in total. The maximum absolute atomic E-state index is 7.03. The van der Waals surface area contributed by atoms with Crippen LogP contribution in [0.25, 0.3) is 73.3 Å². The number of hydrogen-bond acceptors (Lipinski definition) is 4. The number of hydrogen-bond donors (Lipinski definition) is 0. The number of furan rings is 1. The second-order valence-corrected chi connectivity index (χ2v) is 17.6. The smallest absolute Gasteiger partial charge is 0.235 e. The number of anilines is 2. The number of para-hydroxylation sites is 3. The van der Waals surface area contributed by atoms with Crippen LogP contribution in [0.2, 0.25) is 0 Å². The van der Waals surface area contributed by atoms with Gasteiger partial charge in [-0.3, -0.25) is 4.57 Å². The minimum atomic E-state index is 0.267. The predicted octanol–water partition coefficient (Wildman–Crippen LogP) is 14.4. The van der Waals surface area contributed by atoms with Crippen LogP contribution < -0.4 is 4.90 Å². The summed E-state index contributed by atoms with van der Waals surface area (Å²) in [5, 5.41) is 3.47. The fourth-order valence-electron chi connectivity index (χ4n) is 10.9. The normalized spacial score (nSPS) is 18.7. The molecule has 1 aliphatic heterocycles. The van der Waals surface area contributed by atoms with Crippen molar-refractivity contribution in [1.29, 1.82) is 0 Å². The van der Waals surface area contributed by atoms with Crippen LogP contribution in [0.1, 0.15) is 59.9 Å². The van der Waals surface area contributed by atoms with Crippen molar-refractivity contribution < 1.29 is 4.42 Å². The fourth-order valence-corrected chi connectivity index (χ4v) is 10.9. The Hall–Kier alpha value is -7.50. The summed E-state index contributed by atoms with van der Waals surface area (Å²) in [6.07, 6.45) is 27.6. The topological polar surface area (TPSA) is 47.1 Å². The quantitative estimate of drug-likeness (QED) is 0.174.